The van der Waals surface area contributed by atoms with Crippen molar-refractivity contribution < 1.29 is 13.9 Å². The Morgan fingerprint density at radius 2 is 2.39 bits per heavy atom. The van der Waals surface area contributed by atoms with E-state index in [-0.39, 0.29) is 11.8 Å². The van der Waals surface area contributed by atoms with E-state index < -0.39 is 0 Å². The van der Waals surface area contributed by atoms with Gasteiger partial charge in [-0.2, -0.15) is 5.10 Å². The number of hydrogen-bond acceptors (Lipinski definition) is 5. The lowest BCUT2D eigenvalue weighted by molar-refractivity contribution is -0.126. The van der Waals surface area contributed by atoms with Crippen LogP contribution >= 0.6 is 0 Å². The van der Waals surface area contributed by atoms with E-state index in [4.69, 9.17) is 9.15 Å². The molecule has 1 unspecified atom stereocenters. The number of fused-ring (bicyclic) bond motifs is 1. The zero-order valence-corrected chi connectivity index (χ0v) is 13.3. The normalized spacial score (nSPS) is 18.4. The van der Waals surface area contributed by atoms with Gasteiger partial charge in [0, 0.05) is 45.0 Å². The van der Waals surface area contributed by atoms with Crippen LogP contribution in [-0.4, -0.2) is 47.4 Å². The second-order valence-corrected chi connectivity index (χ2v) is 5.79. The first kappa shape index (κ1) is 15.8. The molecule has 2 aromatic heterocycles. The summed E-state index contributed by atoms with van der Waals surface area (Å²) in [4.78, 5) is 14.7. The van der Waals surface area contributed by atoms with Gasteiger partial charge in [-0.25, -0.2) is 0 Å². The molecule has 0 spiro atoms. The Kier molecular flexibility index (Phi) is 5.09. The summed E-state index contributed by atoms with van der Waals surface area (Å²) in [6, 6.07) is 3.96. The molecule has 1 amide bonds. The maximum absolute atomic E-state index is 12.5. The molecule has 1 atom stereocenters. The molecule has 3 rings (SSSR count). The zero-order valence-electron chi connectivity index (χ0n) is 13.3. The molecule has 2 aromatic rings. The molecule has 0 saturated carbocycles. The molecular weight excluding hydrogens is 296 g/mol. The van der Waals surface area contributed by atoms with Crippen molar-refractivity contribution in [2.24, 2.45) is 5.92 Å². The third kappa shape index (κ3) is 4.00. The Labute approximate surface area is 135 Å². The number of furan rings is 1. The molecule has 0 bridgehead atoms. The van der Waals surface area contributed by atoms with Gasteiger partial charge in [0.15, 0.2) is 0 Å². The van der Waals surface area contributed by atoms with Crippen LogP contribution < -0.4 is 5.32 Å². The molecule has 0 fully saturated rings. The van der Waals surface area contributed by atoms with E-state index in [9.17, 15) is 4.79 Å². The average Bonchev–Trinajstić information content (AvgIpc) is 3.16. The smallest absolute Gasteiger partial charge is 0.226 e. The fourth-order valence-electron chi connectivity index (χ4n) is 2.88. The number of carbonyl (C=O) groups is 1. The number of nitrogens with zero attached hydrogens (tertiary/aromatic N) is 3. The number of hydrogen-bond donors (Lipinski definition) is 1. The monoisotopic (exact) mass is 318 g/mol. The number of rotatable bonds is 6. The summed E-state index contributed by atoms with van der Waals surface area (Å²) in [6.45, 7) is 3.86. The predicted molar refractivity (Wildman–Crippen MR) is 83.4 cm³/mol. The molecule has 3 heterocycles. The highest BCUT2D eigenvalue weighted by molar-refractivity contribution is 5.78. The third-order valence-electron chi connectivity index (χ3n) is 4.02. The van der Waals surface area contributed by atoms with Crippen molar-refractivity contribution >= 4 is 5.91 Å². The molecule has 0 radical (unpaired) electrons. The quantitative estimate of drug-likeness (QED) is 0.800. The minimum Gasteiger partial charge on any atom is -0.472 e. The summed E-state index contributed by atoms with van der Waals surface area (Å²) in [6.07, 6.45) is 5.21. The van der Waals surface area contributed by atoms with Gasteiger partial charge >= 0.3 is 0 Å². The van der Waals surface area contributed by atoms with Crippen LogP contribution in [0.3, 0.4) is 0 Å². The van der Waals surface area contributed by atoms with E-state index in [2.05, 4.69) is 15.3 Å². The zero-order chi connectivity index (χ0) is 16.1. The summed E-state index contributed by atoms with van der Waals surface area (Å²) in [5, 5.41) is 7.28. The molecule has 7 nitrogen and oxygen atoms in total. The molecule has 0 aliphatic carbocycles. The summed E-state index contributed by atoms with van der Waals surface area (Å²) in [5.41, 5.74) is 2.23. The van der Waals surface area contributed by atoms with Crippen molar-refractivity contribution in [1.82, 2.24) is 20.0 Å². The number of ether oxygens (including phenoxy) is 1. The van der Waals surface area contributed by atoms with Gasteiger partial charge in [0.2, 0.25) is 5.91 Å². The Hall–Kier alpha value is -2.12. The van der Waals surface area contributed by atoms with Crippen LogP contribution in [0.25, 0.3) is 0 Å². The minimum absolute atomic E-state index is 0.0441. The van der Waals surface area contributed by atoms with E-state index >= 15 is 0 Å². The Balaban J connectivity index is 1.70. The minimum atomic E-state index is -0.139. The van der Waals surface area contributed by atoms with Crippen LogP contribution in [0, 0.1) is 5.92 Å². The topological polar surface area (TPSA) is 72.5 Å². The highest BCUT2D eigenvalue weighted by Crippen LogP contribution is 2.18. The molecule has 7 heteroatoms. The lowest BCUT2D eigenvalue weighted by Crippen LogP contribution is -2.40. The highest BCUT2D eigenvalue weighted by Gasteiger charge is 2.27. The Morgan fingerprint density at radius 1 is 1.48 bits per heavy atom. The molecule has 0 aromatic carbocycles. The van der Waals surface area contributed by atoms with Gasteiger partial charge in [0.1, 0.15) is 0 Å². The number of carbonyl (C=O) groups excluding carboxylic acids is 1. The van der Waals surface area contributed by atoms with E-state index in [1.54, 1.807) is 25.8 Å². The van der Waals surface area contributed by atoms with Gasteiger partial charge < -0.3 is 14.5 Å². The molecule has 1 aliphatic heterocycles. The Morgan fingerprint density at radius 3 is 3.17 bits per heavy atom. The van der Waals surface area contributed by atoms with Gasteiger partial charge in [0.05, 0.1) is 37.3 Å². The molecule has 23 heavy (non-hydrogen) atoms. The summed E-state index contributed by atoms with van der Waals surface area (Å²) in [7, 11) is 1.63. The van der Waals surface area contributed by atoms with Crippen LogP contribution in [0.5, 0.6) is 0 Å². The highest BCUT2D eigenvalue weighted by atomic mass is 16.5. The van der Waals surface area contributed by atoms with E-state index in [0.29, 0.717) is 26.2 Å². The van der Waals surface area contributed by atoms with Crippen LogP contribution in [-0.2, 0) is 29.2 Å². The van der Waals surface area contributed by atoms with E-state index in [1.165, 1.54) is 0 Å². The predicted octanol–water partition coefficient (Wildman–Crippen LogP) is 0.871. The largest absolute Gasteiger partial charge is 0.472 e. The molecule has 0 saturated heterocycles. The first-order chi connectivity index (χ1) is 11.3. The van der Waals surface area contributed by atoms with Crippen LogP contribution in [0.4, 0.5) is 0 Å². The van der Waals surface area contributed by atoms with Gasteiger partial charge in [-0.15, -0.1) is 0 Å². The fraction of sp³-hybridized carbons (Fsp3) is 0.500. The second-order valence-electron chi connectivity index (χ2n) is 5.79. The maximum Gasteiger partial charge on any atom is 0.226 e. The molecule has 1 aliphatic rings. The van der Waals surface area contributed by atoms with Gasteiger partial charge in [-0.3, -0.25) is 14.4 Å². The van der Waals surface area contributed by atoms with Crippen LogP contribution in [0.1, 0.15) is 11.3 Å². The van der Waals surface area contributed by atoms with E-state index in [1.807, 2.05) is 16.8 Å². The average molecular weight is 318 g/mol. The lowest BCUT2D eigenvalue weighted by Gasteiger charge is -2.22. The number of aromatic nitrogens is 2. The summed E-state index contributed by atoms with van der Waals surface area (Å²) >= 11 is 0. The second kappa shape index (κ2) is 7.43. The van der Waals surface area contributed by atoms with Gasteiger partial charge in [0.25, 0.3) is 0 Å². The third-order valence-corrected chi connectivity index (χ3v) is 4.02. The maximum atomic E-state index is 12.5. The lowest BCUT2D eigenvalue weighted by atomic mass is 10.1. The SMILES string of the molecule is COCCNC(=O)C1CN(Cc2ccoc2)Cc2ccnn2C1. The van der Waals surface area contributed by atoms with Crippen molar-refractivity contribution in [3.05, 3.63) is 42.1 Å². The first-order valence-electron chi connectivity index (χ1n) is 7.77. The Bertz CT molecular complexity index is 623. The van der Waals surface area contributed by atoms with Crippen molar-refractivity contribution in [3.8, 4) is 0 Å². The summed E-state index contributed by atoms with van der Waals surface area (Å²) < 4.78 is 12.1. The van der Waals surface area contributed by atoms with Crippen molar-refractivity contribution in [1.29, 1.82) is 0 Å². The number of methoxy groups -OCH3 is 1. The standard InChI is InChI=1S/C16H22N4O3/c1-22-7-5-17-16(21)14-9-19(8-13-3-6-23-12-13)11-15-2-4-18-20(15)10-14/h2-4,6,12,14H,5,7-11H2,1H3,(H,17,21). The first-order valence-corrected chi connectivity index (χ1v) is 7.77. The van der Waals surface area contributed by atoms with E-state index in [0.717, 1.165) is 24.3 Å². The number of nitrogens with one attached hydrogen (secondary N) is 1. The van der Waals surface area contributed by atoms with Crippen LogP contribution in [0.2, 0.25) is 0 Å². The molecule has 124 valence electrons. The fourth-order valence-corrected chi connectivity index (χ4v) is 2.88. The molecule has 1 N–H and O–H groups in total. The summed E-state index contributed by atoms with van der Waals surface area (Å²) in [5.74, 6) is -0.0949. The number of amides is 1. The van der Waals surface area contributed by atoms with Gasteiger partial charge in [-0.1, -0.05) is 0 Å². The van der Waals surface area contributed by atoms with Crippen molar-refractivity contribution in [2.45, 2.75) is 19.6 Å². The van der Waals surface area contributed by atoms with Gasteiger partial charge in [-0.05, 0) is 12.1 Å². The van der Waals surface area contributed by atoms with Crippen LogP contribution in [0.15, 0.2) is 35.3 Å². The van der Waals surface area contributed by atoms with Crippen molar-refractivity contribution in [2.75, 3.05) is 26.8 Å². The van der Waals surface area contributed by atoms with Crippen molar-refractivity contribution in [3.63, 3.8) is 0 Å². The molecular formula is C16H22N4O3.